The van der Waals surface area contributed by atoms with Crippen molar-refractivity contribution >= 4 is 23.2 Å². The number of likely N-dealkylation sites (tertiary alicyclic amines) is 1. The minimum Gasteiger partial charge on any atom is -0.494 e. The van der Waals surface area contributed by atoms with Gasteiger partial charge in [-0.05, 0) is 62.1 Å². The first-order valence-corrected chi connectivity index (χ1v) is 11.8. The van der Waals surface area contributed by atoms with Crippen LogP contribution in [0.4, 0.5) is 0 Å². The molecule has 0 bridgehead atoms. The monoisotopic (exact) mass is 449 g/mol. The van der Waals surface area contributed by atoms with E-state index in [1.165, 1.54) is 0 Å². The standard InChI is InChI=1S/C25H27N3O3S/c1-3-31-21-12-10-20(11-13-21)25(30)28-14-4-5-22(28)24(29)26-15-18-6-8-19(9-7-18)23-17(2)27-16-32-23/h6-13,16,22H,3-5,14-15H2,1-2H3,(H,26,29). The van der Waals surface area contributed by atoms with Crippen molar-refractivity contribution in [1.82, 2.24) is 15.2 Å². The van der Waals surface area contributed by atoms with Gasteiger partial charge in [0.15, 0.2) is 0 Å². The molecule has 1 aliphatic heterocycles. The van der Waals surface area contributed by atoms with Crippen molar-refractivity contribution in [3.05, 3.63) is 70.9 Å². The van der Waals surface area contributed by atoms with Crippen molar-refractivity contribution in [3.63, 3.8) is 0 Å². The number of hydrogen-bond acceptors (Lipinski definition) is 5. The quantitative estimate of drug-likeness (QED) is 0.579. The molecule has 1 unspecified atom stereocenters. The lowest BCUT2D eigenvalue weighted by Gasteiger charge is -2.24. The predicted octanol–water partition coefficient (Wildman–Crippen LogP) is 4.44. The lowest BCUT2D eigenvalue weighted by molar-refractivity contribution is -0.125. The minimum atomic E-state index is -0.437. The number of carbonyl (C=O) groups excluding carboxylic acids is 2. The van der Waals surface area contributed by atoms with Crippen molar-refractivity contribution in [2.24, 2.45) is 0 Å². The summed E-state index contributed by atoms with van der Waals surface area (Å²) in [4.78, 5) is 33.0. The Morgan fingerprint density at radius 2 is 1.91 bits per heavy atom. The van der Waals surface area contributed by atoms with Crippen LogP contribution in [0.1, 0.15) is 41.4 Å². The van der Waals surface area contributed by atoms with Gasteiger partial charge < -0.3 is 15.0 Å². The zero-order valence-electron chi connectivity index (χ0n) is 18.3. The van der Waals surface area contributed by atoms with Crippen LogP contribution in [0.3, 0.4) is 0 Å². The maximum atomic E-state index is 13.0. The van der Waals surface area contributed by atoms with Crippen molar-refractivity contribution in [2.75, 3.05) is 13.2 Å². The third-order valence-corrected chi connectivity index (χ3v) is 6.63. The number of hydrogen-bond donors (Lipinski definition) is 1. The molecule has 0 spiro atoms. The first-order chi connectivity index (χ1) is 15.6. The molecule has 0 saturated carbocycles. The van der Waals surface area contributed by atoms with E-state index in [0.717, 1.165) is 33.9 Å². The first-order valence-electron chi connectivity index (χ1n) is 10.9. The summed E-state index contributed by atoms with van der Waals surface area (Å²) in [6, 6.07) is 14.8. The normalized spacial score (nSPS) is 15.6. The van der Waals surface area contributed by atoms with E-state index in [-0.39, 0.29) is 11.8 Å². The van der Waals surface area contributed by atoms with Crippen molar-refractivity contribution in [3.8, 4) is 16.2 Å². The number of nitrogens with one attached hydrogen (secondary N) is 1. The van der Waals surface area contributed by atoms with Crippen molar-refractivity contribution in [1.29, 1.82) is 0 Å². The van der Waals surface area contributed by atoms with Gasteiger partial charge in [0, 0.05) is 18.7 Å². The minimum absolute atomic E-state index is 0.107. The Balaban J connectivity index is 1.36. The highest BCUT2D eigenvalue weighted by atomic mass is 32.1. The Morgan fingerprint density at radius 3 is 2.56 bits per heavy atom. The van der Waals surface area contributed by atoms with Crippen LogP contribution in [-0.2, 0) is 11.3 Å². The molecular formula is C25H27N3O3S. The van der Waals surface area contributed by atoms with Crippen LogP contribution in [0.2, 0.25) is 0 Å². The Bertz CT molecular complexity index is 1080. The molecule has 0 radical (unpaired) electrons. The highest BCUT2D eigenvalue weighted by molar-refractivity contribution is 7.13. The molecular weight excluding hydrogens is 422 g/mol. The van der Waals surface area contributed by atoms with Crippen molar-refractivity contribution < 1.29 is 14.3 Å². The molecule has 32 heavy (non-hydrogen) atoms. The van der Waals surface area contributed by atoms with Gasteiger partial charge in [0.25, 0.3) is 5.91 Å². The van der Waals surface area contributed by atoms with Gasteiger partial charge in [0.1, 0.15) is 11.8 Å². The largest absolute Gasteiger partial charge is 0.494 e. The molecule has 1 N–H and O–H groups in total. The number of carbonyl (C=O) groups is 2. The molecule has 1 aromatic heterocycles. The molecule has 0 aliphatic carbocycles. The number of benzene rings is 2. The zero-order valence-corrected chi connectivity index (χ0v) is 19.2. The van der Waals surface area contributed by atoms with Gasteiger partial charge in [-0.15, -0.1) is 11.3 Å². The second kappa shape index (κ2) is 9.96. The van der Waals surface area contributed by atoms with Crippen LogP contribution < -0.4 is 10.1 Å². The van der Waals surface area contributed by atoms with Crippen LogP contribution in [0, 0.1) is 6.92 Å². The maximum Gasteiger partial charge on any atom is 0.254 e. The van der Waals surface area contributed by atoms with E-state index < -0.39 is 6.04 Å². The molecule has 2 aromatic carbocycles. The maximum absolute atomic E-state index is 13.0. The van der Waals surface area contributed by atoms with Gasteiger partial charge in [-0.3, -0.25) is 9.59 Å². The number of aromatic nitrogens is 1. The Kier molecular flexibility index (Phi) is 6.85. The smallest absolute Gasteiger partial charge is 0.254 e. The third kappa shape index (κ3) is 4.83. The lowest BCUT2D eigenvalue weighted by atomic mass is 10.1. The fourth-order valence-corrected chi connectivity index (χ4v) is 4.78. The molecule has 2 amide bonds. The van der Waals surface area contributed by atoms with E-state index >= 15 is 0 Å². The van der Waals surface area contributed by atoms with Crippen LogP contribution in [-0.4, -0.2) is 40.9 Å². The summed E-state index contributed by atoms with van der Waals surface area (Å²) < 4.78 is 5.44. The average molecular weight is 450 g/mol. The number of ether oxygens (including phenoxy) is 1. The van der Waals surface area contributed by atoms with Crippen LogP contribution in [0.25, 0.3) is 10.4 Å². The summed E-state index contributed by atoms with van der Waals surface area (Å²) in [6.07, 6.45) is 1.50. The zero-order chi connectivity index (χ0) is 22.5. The van der Waals surface area contributed by atoms with E-state index in [4.69, 9.17) is 4.74 Å². The van der Waals surface area contributed by atoms with Crippen LogP contribution in [0.15, 0.2) is 54.0 Å². The molecule has 6 nitrogen and oxygen atoms in total. The van der Waals surface area contributed by atoms with Crippen LogP contribution in [0.5, 0.6) is 5.75 Å². The molecule has 166 valence electrons. The number of thiazole rings is 1. The summed E-state index contributed by atoms with van der Waals surface area (Å²) in [6.45, 7) is 5.52. The number of aryl methyl sites for hydroxylation is 1. The SMILES string of the molecule is CCOc1ccc(C(=O)N2CCCC2C(=O)NCc2ccc(-c3scnc3C)cc2)cc1. The van der Waals surface area contributed by atoms with Crippen LogP contribution >= 0.6 is 11.3 Å². The highest BCUT2D eigenvalue weighted by Crippen LogP contribution is 2.27. The fourth-order valence-electron chi connectivity index (χ4n) is 3.97. The summed E-state index contributed by atoms with van der Waals surface area (Å²) in [5.74, 6) is 0.510. The molecule has 1 fully saturated rings. The summed E-state index contributed by atoms with van der Waals surface area (Å²) >= 11 is 1.62. The topological polar surface area (TPSA) is 71.5 Å². The Morgan fingerprint density at radius 1 is 1.16 bits per heavy atom. The lowest BCUT2D eigenvalue weighted by Crippen LogP contribution is -2.45. The molecule has 3 aromatic rings. The van der Waals surface area contributed by atoms with E-state index in [1.807, 2.05) is 31.5 Å². The molecule has 1 saturated heterocycles. The number of amides is 2. The number of nitrogens with zero attached hydrogens (tertiary/aromatic N) is 2. The molecule has 1 atom stereocenters. The predicted molar refractivity (Wildman–Crippen MR) is 126 cm³/mol. The van der Waals surface area contributed by atoms with Gasteiger partial charge in [0.05, 0.1) is 22.7 Å². The molecule has 1 aliphatic rings. The van der Waals surface area contributed by atoms with Gasteiger partial charge in [-0.2, -0.15) is 0 Å². The summed E-state index contributed by atoms with van der Waals surface area (Å²) in [5, 5.41) is 3.01. The van der Waals surface area contributed by atoms with Gasteiger partial charge in [-0.1, -0.05) is 24.3 Å². The number of rotatable bonds is 7. The summed E-state index contributed by atoms with van der Waals surface area (Å²) in [7, 11) is 0. The van der Waals surface area contributed by atoms with E-state index in [2.05, 4.69) is 22.4 Å². The summed E-state index contributed by atoms with van der Waals surface area (Å²) in [5.41, 5.74) is 5.59. The average Bonchev–Trinajstić information content (AvgIpc) is 3.47. The Labute approximate surface area is 192 Å². The fraction of sp³-hybridized carbons (Fsp3) is 0.320. The molecule has 7 heteroatoms. The molecule has 4 rings (SSSR count). The highest BCUT2D eigenvalue weighted by Gasteiger charge is 2.34. The van der Waals surface area contributed by atoms with E-state index in [1.54, 1.807) is 40.5 Å². The van der Waals surface area contributed by atoms with E-state index in [0.29, 0.717) is 31.7 Å². The molecule has 2 heterocycles. The van der Waals surface area contributed by atoms with Crippen molar-refractivity contribution in [2.45, 2.75) is 39.3 Å². The third-order valence-electron chi connectivity index (χ3n) is 5.66. The van der Waals surface area contributed by atoms with Gasteiger partial charge in [-0.25, -0.2) is 4.98 Å². The Hall–Kier alpha value is -3.19. The second-order valence-corrected chi connectivity index (χ2v) is 8.65. The van der Waals surface area contributed by atoms with Gasteiger partial charge >= 0.3 is 0 Å². The second-order valence-electron chi connectivity index (χ2n) is 7.80. The van der Waals surface area contributed by atoms with Gasteiger partial charge in [0.2, 0.25) is 5.91 Å². The van der Waals surface area contributed by atoms with E-state index in [9.17, 15) is 9.59 Å². The first kappa shape index (κ1) is 22.0.